The second-order valence-corrected chi connectivity index (χ2v) is 6.29. The number of nitrogens with one attached hydrogen (secondary N) is 2. The standard InChI is InChI=1S/C16H34N4O4/c1-16(2,3)24-15(21)20(5)10-9-19-14(17-4)18-8-7-11-23-13-12-22-6/h7-13H2,1-6H3,(H2,17,18,19). The summed E-state index contributed by atoms with van der Waals surface area (Å²) >= 11 is 0. The predicted molar refractivity (Wildman–Crippen MR) is 95.5 cm³/mol. The molecule has 142 valence electrons. The Kier molecular flexibility index (Phi) is 12.0. The van der Waals surface area contributed by atoms with Gasteiger partial charge in [-0.1, -0.05) is 0 Å². The van der Waals surface area contributed by atoms with Gasteiger partial charge in [0.05, 0.1) is 13.2 Å². The van der Waals surface area contributed by atoms with Crippen LogP contribution >= 0.6 is 0 Å². The molecule has 0 aromatic carbocycles. The third-order valence-electron chi connectivity index (χ3n) is 2.86. The average molecular weight is 346 g/mol. The molecule has 0 atom stereocenters. The first-order valence-electron chi connectivity index (χ1n) is 8.25. The summed E-state index contributed by atoms with van der Waals surface area (Å²) in [6, 6.07) is 0. The summed E-state index contributed by atoms with van der Waals surface area (Å²) in [6.07, 6.45) is 0.544. The van der Waals surface area contributed by atoms with Crippen LogP contribution in [0, 0.1) is 0 Å². The van der Waals surface area contributed by atoms with Crippen LogP contribution < -0.4 is 10.6 Å². The molecule has 0 aliphatic carbocycles. The molecule has 0 heterocycles. The molecule has 0 saturated heterocycles. The van der Waals surface area contributed by atoms with E-state index in [1.807, 2.05) is 20.8 Å². The number of likely N-dealkylation sites (N-methyl/N-ethyl adjacent to an activating group) is 1. The first-order chi connectivity index (χ1) is 11.3. The van der Waals surface area contributed by atoms with Crippen molar-refractivity contribution in [2.45, 2.75) is 32.8 Å². The van der Waals surface area contributed by atoms with Crippen LogP contribution in [-0.2, 0) is 14.2 Å². The van der Waals surface area contributed by atoms with E-state index in [9.17, 15) is 4.79 Å². The topological polar surface area (TPSA) is 84.4 Å². The molecular weight excluding hydrogens is 312 g/mol. The molecule has 8 heteroatoms. The monoisotopic (exact) mass is 346 g/mol. The Morgan fingerprint density at radius 3 is 2.38 bits per heavy atom. The van der Waals surface area contributed by atoms with Crippen LogP contribution in [0.15, 0.2) is 4.99 Å². The van der Waals surface area contributed by atoms with Crippen molar-refractivity contribution in [1.82, 2.24) is 15.5 Å². The van der Waals surface area contributed by atoms with E-state index >= 15 is 0 Å². The molecule has 0 rings (SSSR count). The Morgan fingerprint density at radius 2 is 1.79 bits per heavy atom. The van der Waals surface area contributed by atoms with Gasteiger partial charge < -0.3 is 29.7 Å². The number of hydrogen-bond donors (Lipinski definition) is 2. The molecule has 0 aromatic rings. The second-order valence-electron chi connectivity index (χ2n) is 6.29. The Bertz CT molecular complexity index is 370. The highest BCUT2D eigenvalue weighted by molar-refractivity contribution is 5.79. The highest BCUT2D eigenvalue weighted by Crippen LogP contribution is 2.08. The van der Waals surface area contributed by atoms with Crippen molar-refractivity contribution >= 4 is 12.1 Å². The number of ether oxygens (including phenoxy) is 3. The zero-order valence-corrected chi connectivity index (χ0v) is 16.0. The third-order valence-corrected chi connectivity index (χ3v) is 2.86. The molecule has 0 spiro atoms. The molecule has 0 fully saturated rings. The molecule has 0 radical (unpaired) electrons. The normalized spacial score (nSPS) is 12.0. The van der Waals surface area contributed by atoms with Crippen molar-refractivity contribution in [2.24, 2.45) is 4.99 Å². The molecule has 2 N–H and O–H groups in total. The van der Waals surface area contributed by atoms with Crippen molar-refractivity contribution < 1.29 is 19.0 Å². The number of hydrogen-bond acceptors (Lipinski definition) is 5. The zero-order valence-electron chi connectivity index (χ0n) is 16.0. The molecule has 0 aliphatic rings. The molecule has 8 nitrogen and oxygen atoms in total. The van der Waals surface area contributed by atoms with Crippen LogP contribution in [0.25, 0.3) is 0 Å². The lowest BCUT2D eigenvalue weighted by molar-refractivity contribution is 0.0302. The molecule has 0 unspecified atom stereocenters. The van der Waals surface area contributed by atoms with E-state index in [1.54, 1.807) is 21.2 Å². The van der Waals surface area contributed by atoms with Crippen LogP contribution in [0.5, 0.6) is 0 Å². The number of rotatable bonds is 10. The van der Waals surface area contributed by atoms with Gasteiger partial charge in [0, 0.05) is 47.4 Å². The quantitative estimate of drug-likeness (QED) is 0.350. The Hall–Kier alpha value is -1.54. The highest BCUT2D eigenvalue weighted by atomic mass is 16.6. The van der Waals surface area contributed by atoms with Gasteiger partial charge in [-0.15, -0.1) is 0 Å². The third kappa shape index (κ3) is 13.0. The van der Waals surface area contributed by atoms with E-state index in [0.717, 1.165) is 13.0 Å². The Balaban J connectivity index is 3.80. The number of nitrogens with zero attached hydrogens (tertiary/aromatic N) is 2. The number of methoxy groups -OCH3 is 1. The molecule has 0 bridgehead atoms. The van der Waals surface area contributed by atoms with Crippen molar-refractivity contribution in [3.8, 4) is 0 Å². The summed E-state index contributed by atoms with van der Waals surface area (Å²) < 4.78 is 15.6. The van der Waals surface area contributed by atoms with Crippen molar-refractivity contribution in [2.75, 3.05) is 60.7 Å². The van der Waals surface area contributed by atoms with Gasteiger partial charge in [0.1, 0.15) is 5.60 Å². The number of guanidine groups is 1. The highest BCUT2D eigenvalue weighted by Gasteiger charge is 2.19. The minimum Gasteiger partial charge on any atom is -0.444 e. The van der Waals surface area contributed by atoms with Gasteiger partial charge in [0.15, 0.2) is 5.96 Å². The molecule has 1 amide bonds. The lowest BCUT2D eigenvalue weighted by Crippen LogP contribution is -2.43. The number of aliphatic imine (C=N–C) groups is 1. The lowest BCUT2D eigenvalue weighted by Gasteiger charge is -2.24. The molecule has 24 heavy (non-hydrogen) atoms. The average Bonchev–Trinajstić information content (AvgIpc) is 2.50. The van der Waals surface area contributed by atoms with Crippen LogP contribution in [0.4, 0.5) is 4.79 Å². The summed E-state index contributed by atoms with van der Waals surface area (Å²) in [7, 11) is 5.08. The molecular formula is C16H34N4O4. The summed E-state index contributed by atoms with van der Waals surface area (Å²) in [5.41, 5.74) is -0.484. The zero-order chi connectivity index (χ0) is 18.4. The maximum absolute atomic E-state index is 11.8. The summed E-state index contributed by atoms with van der Waals surface area (Å²) in [5, 5.41) is 6.35. The van der Waals surface area contributed by atoms with E-state index < -0.39 is 5.60 Å². The first-order valence-corrected chi connectivity index (χ1v) is 8.25. The van der Waals surface area contributed by atoms with Gasteiger partial charge in [-0.05, 0) is 27.2 Å². The number of carbonyl (C=O) groups is 1. The maximum atomic E-state index is 11.8. The van der Waals surface area contributed by atoms with E-state index in [0.29, 0.717) is 38.9 Å². The maximum Gasteiger partial charge on any atom is 0.410 e. The second kappa shape index (κ2) is 12.8. The predicted octanol–water partition coefficient (Wildman–Crippen LogP) is 1.07. The Labute approximate surface area is 145 Å². The van der Waals surface area contributed by atoms with Crippen LogP contribution in [0.2, 0.25) is 0 Å². The summed E-state index contributed by atoms with van der Waals surface area (Å²) in [4.78, 5) is 17.5. The minimum atomic E-state index is -0.484. The van der Waals surface area contributed by atoms with E-state index in [4.69, 9.17) is 14.2 Å². The van der Waals surface area contributed by atoms with Gasteiger partial charge >= 0.3 is 6.09 Å². The summed E-state index contributed by atoms with van der Waals surface area (Å²) in [5.74, 6) is 0.699. The van der Waals surface area contributed by atoms with Gasteiger partial charge in [-0.3, -0.25) is 4.99 Å². The molecule has 0 aliphatic heterocycles. The minimum absolute atomic E-state index is 0.333. The van der Waals surface area contributed by atoms with Crippen LogP contribution in [0.3, 0.4) is 0 Å². The van der Waals surface area contributed by atoms with Crippen molar-refractivity contribution in [3.63, 3.8) is 0 Å². The van der Waals surface area contributed by atoms with Crippen LogP contribution in [-0.4, -0.2) is 83.2 Å². The van der Waals surface area contributed by atoms with Crippen molar-refractivity contribution in [1.29, 1.82) is 0 Å². The van der Waals surface area contributed by atoms with E-state index in [1.165, 1.54) is 4.90 Å². The largest absolute Gasteiger partial charge is 0.444 e. The van der Waals surface area contributed by atoms with Gasteiger partial charge in [-0.2, -0.15) is 0 Å². The SMILES string of the molecule is CN=C(NCCCOCCOC)NCCN(C)C(=O)OC(C)(C)C. The fourth-order valence-electron chi connectivity index (χ4n) is 1.62. The van der Waals surface area contributed by atoms with Gasteiger partial charge in [0.25, 0.3) is 0 Å². The number of amides is 1. The lowest BCUT2D eigenvalue weighted by atomic mass is 10.2. The first kappa shape index (κ1) is 22.5. The summed E-state index contributed by atoms with van der Waals surface area (Å²) in [6.45, 7) is 9.31. The van der Waals surface area contributed by atoms with Crippen molar-refractivity contribution in [3.05, 3.63) is 0 Å². The fourth-order valence-corrected chi connectivity index (χ4v) is 1.62. The fraction of sp³-hybridized carbons (Fsp3) is 0.875. The molecule has 0 aromatic heterocycles. The van der Waals surface area contributed by atoms with E-state index in [2.05, 4.69) is 15.6 Å². The Morgan fingerprint density at radius 1 is 1.12 bits per heavy atom. The van der Waals surface area contributed by atoms with Gasteiger partial charge in [0.2, 0.25) is 0 Å². The number of carbonyl (C=O) groups excluding carboxylic acids is 1. The van der Waals surface area contributed by atoms with Crippen LogP contribution in [0.1, 0.15) is 27.2 Å². The van der Waals surface area contributed by atoms with E-state index in [-0.39, 0.29) is 6.09 Å². The van der Waals surface area contributed by atoms with Gasteiger partial charge in [-0.25, -0.2) is 4.79 Å². The molecule has 0 saturated carbocycles. The smallest absolute Gasteiger partial charge is 0.410 e.